The molecule has 0 radical (unpaired) electrons. The van der Waals surface area contributed by atoms with Crippen LogP contribution >= 0.6 is 11.6 Å². The first-order chi connectivity index (χ1) is 9.08. The first-order valence-electron chi connectivity index (χ1n) is 5.91. The second kappa shape index (κ2) is 6.04. The van der Waals surface area contributed by atoms with Gasteiger partial charge in [-0.25, -0.2) is 9.97 Å². The lowest BCUT2D eigenvalue weighted by molar-refractivity contribution is 0.178. The van der Waals surface area contributed by atoms with E-state index in [1.807, 2.05) is 19.1 Å². The molecule has 0 bridgehead atoms. The van der Waals surface area contributed by atoms with Crippen molar-refractivity contribution < 1.29 is 9.15 Å². The number of aromatic nitrogens is 2. The molecule has 0 saturated carbocycles. The highest BCUT2D eigenvalue weighted by Crippen LogP contribution is 2.22. The Labute approximate surface area is 117 Å². The first-order valence-corrected chi connectivity index (χ1v) is 6.29. The van der Waals surface area contributed by atoms with Crippen LogP contribution in [0.3, 0.4) is 0 Å². The Hall–Kier alpha value is -1.59. The van der Waals surface area contributed by atoms with E-state index in [2.05, 4.69) is 15.3 Å². The summed E-state index contributed by atoms with van der Waals surface area (Å²) in [6.07, 6.45) is 0. The average molecular weight is 282 g/mol. The third-order valence-electron chi connectivity index (χ3n) is 2.57. The minimum Gasteiger partial charge on any atom is -0.464 e. The summed E-state index contributed by atoms with van der Waals surface area (Å²) in [6, 6.07) is 5.39. The van der Waals surface area contributed by atoms with Gasteiger partial charge < -0.3 is 14.5 Å². The predicted molar refractivity (Wildman–Crippen MR) is 73.5 cm³/mol. The molecule has 0 spiro atoms. The molecule has 0 aliphatic heterocycles. The summed E-state index contributed by atoms with van der Waals surface area (Å²) in [6.45, 7) is 4.16. The summed E-state index contributed by atoms with van der Waals surface area (Å²) in [5.41, 5.74) is 0. The summed E-state index contributed by atoms with van der Waals surface area (Å²) < 4.78 is 10.8. The fourth-order valence-electron chi connectivity index (χ4n) is 1.79. The zero-order valence-corrected chi connectivity index (χ0v) is 11.9. The molecular formula is C13H16ClN3O2. The van der Waals surface area contributed by atoms with E-state index < -0.39 is 0 Å². The van der Waals surface area contributed by atoms with Gasteiger partial charge in [-0.2, -0.15) is 0 Å². The highest BCUT2D eigenvalue weighted by atomic mass is 35.5. The van der Waals surface area contributed by atoms with Crippen LogP contribution in [0.15, 0.2) is 22.6 Å². The number of nitrogens with zero attached hydrogens (tertiary/aromatic N) is 2. The van der Waals surface area contributed by atoms with Gasteiger partial charge in [0.2, 0.25) is 0 Å². The Morgan fingerprint density at radius 1 is 1.37 bits per heavy atom. The van der Waals surface area contributed by atoms with Crippen LogP contribution in [0.5, 0.6) is 0 Å². The van der Waals surface area contributed by atoms with Crippen molar-refractivity contribution in [1.29, 1.82) is 0 Å². The normalized spacial score (nSPS) is 12.4. The van der Waals surface area contributed by atoms with E-state index in [0.717, 1.165) is 11.5 Å². The van der Waals surface area contributed by atoms with Gasteiger partial charge in [0.15, 0.2) is 0 Å². The highest BCUT2D eigenvalue weighted by molar-refractivity contribution is 6.29. The van der Waals surface area contributed by atoms with E-state index in [0.29, 0.717) is 23.4 Å². The molecule has 2 aromatic rings. The summed E-state index contributed by atoms with van der Waals surface area (Å²) in [5, 5.41) is 3.64. The zero-order valence-electron chi connectivity index (χ0n) is 11.1. The summed E-state index contributed by atoms with van der Waals surface area (Å²) >= 11 is 5.91. The van der Waals surface area contributed by atoms with Crippen molar-refractivity contribution in [1.82, 2.24) is 9.97 Å². The molecule has 6 heteroatoms. The van der Waals surface area contributed by atoms with Crippen molar-refractivity contribution in [2.75, 3.05) is 19.0 Å². The topological polar surface area (TPSA) is 60.2 Å². The standard InChI is InChI=1S/C13H16ClN3O2/c1-8-4-5-11(19-8)10(7-18-3)17-13-6-12(14)15-9(2)16-13/h4-6,10H,7H2,1-3H3,(H,15,16,17)/t10-/m1/s1. The van der Waals surface area contributed by atoms with Gasteiger partial charge in [0.1, 0.15) is 34.4 Å². The van der Waals surface area contributed by atoms with Crippen LogP contribution in [-0.2, 0) is 4.74 Å². The Kier molecular flexibility index (Phi) is 4.39. The lowest BCUT2D eigenvalue weighted by Crippen LogP contribution is -2.16. The predicted octanol–water partition coefficient (Wildman–Crippen LogP) is 3.14. The number of ether oxygens (including phenoxy) is 1. The van der Waals surface area contributed by atoms with Gasteiger partial charge >= 0.3 is 0 Å². The summed E-state index contributed by atoms with van der Waals surface area (Å²) in [4.78, 5) is 8.31. The third-order valence-corrected chi connectivity index (χ3v) is 2.76. The van der Waals surface area contributed by atoms with Gasteiger partial charge in [-0.3, -0.25) is 0 Å². The molecule has 0 aliphatic rings. The number of furan rings is 1. The van der Waals surface area contributed by atoms with E-state index in [9.17, 15) is 0 Å². The Balaban J connectivity index is 2.20. The lowest BCUT2D eigenvalue weighted by atomic mass is 10.2. The van der Waals surface area contributed by atoms with Crippen LogP contribution < -0.4 is 5.32 Å². The maximum absolute atomic E-state index is 5.91. The number of hydrogen-bond acceptors (Lipinski definition) is 5. The number of rotatable bonds is 5. The van der Waals surface area contributed by atoms with Gasteiger partial charge in [0.05, 0.1) is 6.61 Å². The molecule has 0 fully saturated rings. The molecule has 1 N–H and O–H groups in total. The van der Waals surface area contributed by atoms with Crippen molar-refractivity contribution in [2.24, 2.45) is 0 Å². The molecule has 0 aromatic carbocycles. The molecule has 2 heterocycles. The smallest absolute Gasteiger partial charge is 0.134 e. The monoisotopic (exact) mass is 281 g/mol. The van der Waals surface area contributed by atoms with Crippen molar-refractivity contribution in [3.05, 3.63) is 40.7 Å². The number of nitrogens with one attached hydrogen (secondary N) is 1. The van der Waals surface area contributed by atoms with E-state index in [4.69, 9.17) is 20.8 Å². The molecule has 1 atom stereocenters. The van der Waals surface area contributed by atoms with Crippen molar-refractivity contribution >= 4 is 17.4 Å². The molecule has 19 heavy (non-hydrogen) atoms. The van der Waals surface area contributed by atoms with Crippen LogP contribution in [0.4, 0.5) is 5.82 Å². The van der Waals surface area contributed by atoms with E-state index in [1.165, 1.54) is 0 Å². The van der Waals surface area contributed by atoms with Crippen LogP contribution in [0, 0.1) is 13.8 Å². The second-order valence-corrected chi connectivity index (χ2v) is 4.61. The van der Waals surface area contributed by atoms with E-state index in [-0.39, 0.29) is 6.04 Å². The molecule has 0 amide bonds. The SMILES string of the molecule is COC[C@@H](Nc1cc(Cl)nc(C)n1)c1ccc(C)o1. The minimum atomic E-state index is -0.121. The molecule has 2 aromatic heterocycles. The van der Waals surface area contributed by atoms with Crippen LogP contribution in [-0.4, -0.2) is 23.7 Å². The van der Waals surface area contributed by atoms with Crippen molar-refractivity contribution in [2.45, 2.75) is 19.9 Å². The number of aryl methyl sites for hydroxylation is 2. The molecular weight excluding hydrogens is 266 g/mol. The fraction of sp³-hybridized carbons (Fsp3) is 0.385. The number of hydrogen-bond donors (Lipinski definition) is 1. The molecule has 0 aliphatic carbocycles. The fourth-order valence-corrected chi connectivity index (χ4v) is 2.01. The number of halogens is 1. The van der Waals surface area contributed by atoms with Crippen LogP contribution in [0.2, 0.25) is 5.15 Å². The maximum Gasteiger partial charge on any atom is 0.134 e. The first kappa shape index (κ1) is 13.8. The molecule has 2 rings (SSSR count). The van der Waals surface area contributed by atoms with Crippen molar-refractivity contribution in [3.8, 4) is 0 Å². The third kappa shape index (κ3) is 3.68. The van der Waals surface area contributed by atoms with Gasteiger partial charge in [-0.1, -0.05) is 11.6 Å². The van der Waals surface area contributed by atoms with Crippen LogP contribution in [0.1, 0.15) is 23.4 Å². The van der Waals surface area contributed by atoms with Gasteiger partial charge in [-0.05, 0) is 26.0 Å². The highest BCUT2D eigenvalue weighted by Gasteiger charge is 2.16. The van der Waals surface area contributed by atoms with E-state index in [1.54, 1.807) is 20.1 Å². The zero-order chi connectivity index (χ0) is 13.8. The Morgan fingerprint density at radius 3 is 2.74 bits per heavy atom. The molecule has 0 unspecified atom stereocenters. The summed E-state index contributed by atoms with van der Waals surface area (Å²) in [5.74, 6) is 2.91. The number of methoxy groups -OCH3 is 1. The number of anilines is 1. The van der Waals surface area contributed by atoms with Gasteiger partial charge in [0, 0.05) is 13.2 Å². The molecule has 102 valence electrons. The minimum absolute atomic E-state index is 0.121. The van der Waals surface area contributed by atoms with E-state index >= 15 is 0 Å². The maximum atomic E-state index is 5.91. The average Bonchev–Trinajstić information content (AvgIpc) is 2.74. The Bertz CT molecular complexity index is 536. The van der Waals surface area contributed by atoms with Gasteiger partial charge in [-0.15, -0.1) is 0 Å². The quantitative estimate of drug-likeness (QED) is 0.853. The molecule has 5 nitrogen and oxygen atoms in total. The lowest BCUT2D eigenvalue weighted by Gasteiger charge is -2.16. The largest absolute Gasteiger partial charge is 0.464 e. The van der Waals surface area contributed by atoms with Gasteiger partial charge in [0.25, 0.3) is 0 Å². The van der Waals surface area contributed by atoms with Crippen molar-refractivity contribution in [3.63, 3.8) is 0 Å². The Morgan fingerprint density at radius 2 is 2.16 bits per heavy atom. The summed E-state index contributed by atoms with van der Waals surface area (Å²) in [7, 11) is 1.64. The van der Waals surface area contributed by atoms with Crippen LogP contribution in [0.25, 0.3) is 0 Å². The molecule has 0 saturated heterocycles. The second-order valence-electron chi connectivity index (χ2n) is 4.22.